The fourth-order valence-electron chi connectivity index (χ4n) is 1.61. The summed E-state index contributed by atoms with van der Waals surface area (Å²) in [6.07, 6.45) is 1.61. The maximum absolute atomic E-state index is 11.9. The molecule has 2 aromatic rings. The van der Waals surface area contributed by atoms with Gasteiger partial charge in [-0.05, 0) is 39.2 Å². The summed E-state index contributed by atoms with van der Waals surface area (Å²) in [6, 6.07) is 11.6. The van der Waals surface area contributed by atoms with Crippen molar-refractivity contribution < 1.29 is 4.79 Å². The third-order valence-electron chi connectivity index (χ3n) is 2.56. The van der Waals surface area contributed by atoms with Gasteiger partial charge in [-0.3, -0.25) is 4.79 Å². The summed E-state index contributed by atoms with van der Waals surface area (Å²) in [5, 5.41) is 3.66. The summed E-state index contributed by atoms with van der Waals surface area (Å²) >= 11 is 6.70. The Morgan fingerprint density at radius 2 is 2.00 bits per heavy atom. The number of hydrogen-bond acceptors (Lipinski definition) is 2. The van der Waals surface area contributed by atoms with Crippen molar-refractivity contribution in [1.29, 1.82) is 0 Å². The van der Waals surface area contributed by atoms with Gasteiger partial charge in [0.25, 0.3) is 5.91 Å². The normalized spacial score (nSPS) is 10.2. The Balaban J connectivity index is 1.98. The monoisotopic (exact) mass is 382 g/mol. The Bertz CT molecular complexity index is 570. The van der Waals surface area contributed by atoms with Crippen LogP contribution in [0.4, 0.5) is 0 Å². The van der Waals surface area contributed by atoms with Gasteiger partial charge in [-0.1, -0.05) is 40.2 Å². The average Bonchev–Trinajstić information content (AvgIpc) is 2.46. The molecule has 0 fully saturated rings. The number of aromatic nitrogens is 1. The summed E-state index contributed by atoms with van der Waals surface area (Å²) in [5.74, 6) is -0.170. The highest BCUT2D eigenvalue weighted by Gasteiger charge is 2.06. The highest BCUT2D eigenvalue weighted by atomic mass is 79.9. The first-order valence-corrected chi connectivity index (χ1v) is 7.64. The Kier molecular flexibility index (Phi) is 5.10. The molecule has 5 heteroatoms. The second-order valence-electron chi connectivity index (χ2n) is 4.00. The lowest BCUT2D eigenvalue weighted by atomic mass is 10.1. The molecular formula is C14H12Br2N2O. The van der Waals surface area contributed by atoms with E-state index < -0.39 is 0 Å². The van der Waals surface area contributed by atoms with Gasteiger partial charge in [-0.15, -0.1) is 0 Å². The zero-order valence-electron chi connectivity index (χ0n) is 10.1. The molecule has 98 valence electrons. The van der Waals surface area contributed by atoms with Gasteiger partial charge in [-0.25, -0.2) is 4.98 Å². The minimum Gasteiger partial charge on any atom is -0.347 e. The van der Waals surface area contributed by atoms with E-state index in [-0.39, 0.29) is 5.91 Å². The molecule has 19 heavy (non-hydrogen) atoms. The van der Waals surface area contributed by atoms with Crippen molar-refractivity contribution >= 4 is 37.8 Å². The lowest BCUT2D eigenvalue weighted by molar-refractivity contribution is 0.0946. The van der Waals surface area contributed by atoms with Crippen molar-refractivity contribution in [1.82, 2.24) is 10.3 Å². The van der Waals surface area contributed by atoms with E-state index >= 15 is 0 Å². The van der Waals surface area contributed by atoms with Crippen LogP contribution in [-0.4, -0.2) is 10.9 Å². The van der Waals surface area contributed by atoms with Crippen LogP contribution < -0.4 is 5.32 Å². The van der Waals surface area contributed by atoms with Crippen LogP contribution in [0, 0.1) is 0 Å². The molecule has 1 heterocycles. The predicted octanol–water partition coefficient (Wildman–Crippen LogP) is 3.67. The van der Waals surface area contributed by atoms with E-state index in [4.69, 9.17) is 0 Å². The SMILES string of the molecule is O=C(NCc1cccc(CBr)c1)c1ccc(Br)cn1. The molecule has 0 spiro atoms. The summed E-state index contributed by atoms with van der Waals surface area (Å²) in [5.41, 5.74) is 2.68. The highest BCUT2D eigenvalue weighted by Crippen LogP contribution is 2.10. The van der Waals surface area contributed by atoms with Crippen LogP contribution in [0.5, 0.6) is 0 Å². The molecule has 1 N–H and O–H groups in total. The Morgan fingerprint density at radius 3 is 2.68 bits per heavy atom. The van der Waals surface area contributed by atoms with Crippen molar-refractivity contribution in [2.45, 2.75) is 11.9 Å². The molecule has 0 atom stereocenters. The number of benzene rings is 1. The number of alkyl halides is 1. The summed E-state index contributed by atoms with van der Waals surface area (Å²) < 4.78 is 0.856. The molecule has 0 radical (unpaired) electrons. The Morgan fingerprint density at radius 1 is 1.21 bits per heavy atom. The molecule has 1 amide bonds. The number of halogens is 2. The second kappa shape index (κ2) is 6.82. The van der Waals surface area contributed by atoms with Gasteiger partial charge in [0.2, 0.25) is 0 Å². The molecule has 3 nitrogen and oxygen atoms in total. The fraction of sp³-hybridized carbons (Fsp3) is 0.143. The maximum atomic E-state index is 11.9. The molecule has 0 aliphatic heterocycles. The molecule has 1 aromatic carbocycles. The Hall–Kier alpha value is -1.20. The van der Waals surface area contributed by atoms with Gasteiger partial charge >= 0.3 is 0 Å². The van der Waals surface area contributed by atoms with Gasteiger partial charge in [0, 0.05) is 22.5 Å². The highest BCUT2D eigenvalue weighted by molar-refractivity contribution is 9.10. The molecule has 0 saturated heterocycles. The van der Waals surface area contributed by atoms with Crippen molar-refractivity contribution in [3.63, 3.8) is 0 Å². The number of carbonyl (C=O) groups excluding carboxylic acids is 1. The van der Waals surface area contributed by atoms with Crippen LogP contribution in [0.1, 0.15) is 21.6 Å². The minimum absolute atomic E-state index is 0.170. The Labute approximate surface area is 128 Å². The van der Waals surface area contributed by atoms with Crippen LogP contribution in [0.25, 0.3) is 0 Å². The van der Waals surface area contributed by atoms with E-state index in [1.807, 2.05) is 18.2 Å². The van der Waals surface area contributed by atoms with E-state index in [1.165, 1.54) is 5.56 Å². The number of amides is 1. The van der Waals surface area contributed by atoms with Gasteiger partial charge in [0.15, 0.2) is 0 Å². The molecular weight excluding hydrogens is 372 g/mol. The summed E-state index contributed by atoms with van der Waals surface area (Å²) in [7, 11) is 0. The van der Waals surface area contributed by atoms with Gasteiger partial charge in [-0.2, -0.15) is 0 Å². The first-order valence-electron chi connectivity index (χ1n) is 5.72. The minimum atomic E-state index is -0.170. The lowest BCUT2D eigenvalue weighted by Gasteiger charge is -2.06. The first-order chi connectivity index (χ1) is 9.19. The number of carbonyl (C=O) groups is 1. The van der Waals surface area contributed by atoms with Gasteiger partial charge in [0.05, 0.1) is 0 Å². The average molecular weight is 384 g/mol. The van der Waals surface area contributed by atoms with E-state index in [0.29, 0.717) is 12.2 Å². The predicted molar refractivity (Wildman–Crippen MR) is 82.2 cm³/mol. The molecule has 0 unspecified atom stereocenters. The third-order valence-corrected chi connectivity index (χ3v) is 3.68. The van der Waals surface area contributed by atoms with E-state index in [0.717, 1.165) is 15.4 Å². The third kappa shape index (κ3) is 4.14. The van der Waals surface area contributed by atoms with Crippen LogP contribution in [0.2, 0.25) is 0 Å². The molecule has 0 aliphatic rings. The van der Waals surface area contributed by atoms with E-state index in [9.17, 15) is 4.79 Å². The van der Waals surface area contributed by atoms with Crippen LogP contribution >= 0.6 is 31.9 Å². The number of nitrogens with one attached hydrogen (secondary N) is 1. The second-order valence-corrected chi connectivity index (χ2v) is 5.47. The van der Waals surface area contributed by atoms with Gasteiger partial charge < -0.3 is 5.32 Å². The number of rotatable bonds is 4. The topological polar surface area (TPSA) is 42.0 Å². The molecule has 0 aliphatic carbocycles. The number of pyridine rings is 1. The fourth-order valence-corrected chi connectivity index (χ4v) is 2.19. The van der Waals surface area contributed by atoms with Crippen LogP contribution in [0.15, 0.2) is 47.1 Å². The van der Waals surface area contributed by atoms with Gasteiger partial charge in [0.1, 0.15) is 5.69 Å². The molecule has 1 aromatic heterocycles. The zero-order valence-corrected chi connectivity index (χ0v) is 13.2. The summed E-state index contributed by atoms with van der Waals surface area (Å²) in [6.45, 7) is 0.497. The standard InChI is InChI=1S/C14H12Br2N2O/c15-7-10-2-1-3-11(6-10)8-18-14(19)13-5-4-12(16)9-17-13/h1-6,9H,7-8H2,(H,18,19). The lowest BCUT2D eigenvalue weighted by Crippen LogP contribution is -2.23. The molecule has 2 rings (SSSR count). The zero-order chi connectivity index (χ0) is 13.7. The van der Waals surface area contributed by atoms with E-state index in [2.05, 4.69) is 48.2 Å². The number of nitrogens with zero attached hydrogens (tertiary/aromatic N) is 1. The van der Waals surface area contributed by atoms with Crippen molar-refractivity contribution in [3.8, 4) is 0 Å². The van der Waals surface area contributed by atoms with Crippen LogP contribution in [-0.2, 0) is 11.9 Å². The van der Waals surface area contributed by atoms with Crippen LogP contribution in [0.3, 0.4) is 0 Å². The summed E-state index contributed by atoms with van der Waals surface area (Å²) in [4.78, 5) is 15.9. The quantitative estimate of drug-likeness (QED) is 0.818. The van der Waals surface area contributed by atoms with Crippen molar-refractivity contribution in [2.75, 3.05) is 0 Å². The smallest absolute Gasteiger partial charge is 0.270 e. The number of hydrogen-bond donors (Lipinski definition) is 1. The van der Waals surface area contributed by atoms with Crippen molar-refractivity contribution in [2.24, 2.45) is 0 Å². The first kappa shape index (κ1) is 14.2. The molecule has 0 bridgehead atoms. The molecule has 0 saturated carbocycles. The largest absolute Gasteiger partial charge is 0.347 e. The van der Waals surface area contributed by atoms with E-state index in [1.54, 1.807) is 18.3 Å². The van der Waals surface area contributed by atoms with Crippen molar-refractivity contribution in [3.05, 3.63) is 63.9 Å². The maximum Gasteiger partial charge on any atom is 0.270 e.